The van der Waals surface area contributed by atoms with Gasteiger partial charge >= 0.3 is 0 Å². The summed E-state index contributed by atoms with van der Waals surface area (Å²) in [6, 6.07) is 10.5. The number of hydrogen-bond donors (Lipinski definition) is 2. The first kappa shape index (κ1) is 21.5. The molecule has 1 aromatic carbocycles. The summed E-state index contributed by atoms with van der Waals surface area (Å²) in [5, 5.41) is 12.8. The van der Waals surface area contributed by atoms with Crippen molar-refractivity contribution in [3.8, 4) is 5.75 Å². The molecule has 1 fully saturated rings. The highest BCUT2D eigenvalue weighted by Gasteiger charge is 2.28. The number of fused-ring (bicyclic) bond motifs is 1. The van der Waals surface area contributed by atoms with Crippen LogP contribution in [0.2, 0.25) is 0 Å². The Bertz CT molecular complexity index is 1170. The maximum atomic E-state index is 12.5. The number of anilines is 2. The number of nitrogens with one attached hydrogen (secondary N) is 1. The van der Waals surface area contributed by atoms with Gasteiger partial charge in [0.05, 0.1) is 6.61 Å². The number of aliphatic hydroxyl groups is 1. The topological polar surface area (TPSA) is 110 Å². The van der Waals surface area contributed by atoms with Crippen LogP contribution in [0.5, 0.6) is 5.75 Å². The number of pyridine rings is 1. The van der Waals surface area contributed by atoms with Crippen molar-refractivity contribution in [2.75, 3.05) is 31.6 Å². The van der Waals surface area contributed by atoms with Crippen LogP contribution in [0.1, 0.15) is 6.42 Å². The molecule has 0 unspecified atom stereocenters. The summed E-state index contributed by atoms with van der Waals surface area (Å²) in [6.45, 7) is 5.59. The van der Waals surface area contributed by atoms with Crippen molar-refractivity contribution in [3.63, 3.8) is 0 Å². The molecular weight excluding hydrogens is 410 g/mol. The zero-order chi connectivity index (χ0) is 22.5. The number of hydrogen-bond acceptors (Lipinski definition) is 7. The van der Waals surface area contributed by atoms with Crippen molar-refractivity contribution < 1.29 is 14.6 Å². The maximum Gasteiger partial charge on any atom is 0.252 e. The third kappa shape index (κ3) is 4.78. The van der Waals surface area contributed by atoms with E-state index < -0.39 is 0 Å². The third-order valence-corrected chi connectivity index (χ3v) is 5.40. The van der Waals surface area contributed by atoms with E-state index >= 15 is 0 Å². The molecule has 0 radical (unpaired) electrons. The van der Waals surface area contributed by atoms with E-state index in [0.717, 1.165) is 17.5 Å². The largest absolute Gasteiger partial charge is 0.491 e. The lowest BCUT2D eigenvalue weighted by Crippen LogP contribution is -2.49. The summed E-state index contributed by atoms with van der Waals surface area (Å²) >= 11 is 0. The second-order valence-electron chi connectivity index (χ2n) is 7.62. The Morgan fingerprint density at radius 1 is 1.25 bits per heavy atom. The van der Waals surface area contributed by atoms with Gasteiger partial charge in [0, 0.05) is 43.0 Å². The minimum atomic E-state index is -0.120. The first-order valence-corrected chi connectivity index (χ1v) is 10.5. The smallest absolute Gasteiger partial charge is 0.252 e. The van der Waals surface area contributed by atoms with Crippen molar-refractivity contribution in [1.29, 1.82) is 0 Å². The molecule has 1 aliphatic heterocycles. The van der Waals surface area contributed by atoms with Crippen LogP contribution >= 0.6 is 0 Å². The predicted octanol–water partition coefficient (Wildman–Crippen LogP) is 1.94. The molecule has 1 saturated heterocycles. The Hall–Kier alpha value is -3.72. The molecule has 2 aromatic heterocycles. The van der Waals surface area contributed by atoms with Crippen molar-refractivity contribution in [2.24, 2.45) is 5.92 Å². The lowest BCUT2D eigenvalue weighted by molar-refractivity contribution is -0.132. The first-order valence-electron chi connectivity index (χ1n) is 10.5. The minimum Gasteiger partial charge on any atom is -0.491 e. The lowest BCUT2D eigenvalue weighted by atomic mass is 9.96. The molecule has 0 bridgehead atoms. The fraction of sp³-hybridized carbons (Fsp3) is 0.304. The van der Waals surface area contributed by atoms with Gasteiger partial charge in [0.15, 0.2) is 0 Å². The number of amides is 1. The van der Waals surface area contributed by atoms with Crippen LogP contribution in [-0.2, 0) is 11.3 Å². The van der Waals surface area contributed by atoms with Gasteiger partial charge in [0.25, 0.3) is 5.56 Å². The number of likely N-dealkylation sites (tertiary alicyclic amines) is 1. The molecule has 3 heterocycles. The molecule has 2 N–H and O–H groups in total. The Morgan fingerprint density at radius 2 is 2.03 bits per heavy atom. The van der Waals surface area contributed by atoms with Gasteiger partial charge in [0.2, 0.25) is 11.9 Å². The predicted molar refractivity (Wildman–Crippen MR) is 121 cm³/mol. The molecule has 1 aliphatic rings. The van der Waals surface area contributed by atoms with Crippen LogP contribution < -0.4 is 15.6 Å². The van der Waals surface area contributed by atoms with Gasteiger partial charge in [0.1, 0.15) is 18.0 Å². The summed E-state index contributed by atoms with van der Waals surface area (Å²) < 4.78 is 7.02. The quantitative estimate of drug-likeness (QED) is 0.494. The van der Waals surface area contributed by atoms with Gasteiger partial charge < -0.3 is 20.1 Å². The van der Waals surface area contributed by atoms with Crippen molar-refractivity contribution >= 4 is 28.6 Å². The average molecular weight is 435 g/mol. The van der Waals surface area contributed by atoms with Gasteiger partial charge in [-0.05, 0) is 48.7 Å². The molecule has 9 heteroatoms. The van der Waals surface area contributed by atoms with E-state index in [4.69, 9.17) is 9.84 Å². The number of aliphatic hydroxyl groups excluding tert-OH is 1. The van der Waals surface area contributed by atoms with Crippen LogP contribution in [0.4, 0.5) is 11.6 Å². The van der Waals surface area contributed by atoms with Gasteiger partial charge in [-0.2, -0.15) is 4.98 Å². The number of rotatable bonds is 9. The second-order valence-corrected chi connectivity index (χ2v) is 7.62. The molecule has 0 saturated carbocycles. The monoisotopic (exact) mass is 435 g/mol. The van der Waals surface area contributed by atoms with Crippen LogP contribution in [0, 0.1) is 5.92 Å². The second kappa shape index (κ2) is 9.61. The van der Waals surface area contributed by atoms with E-state index in [0.29, 0.717) is 42.9 Å². The van der Waals surface area contributed by atoms with E-state index in [9.17, 15) is 9.59 Å². The molecule has 166 valence electrons. The third-order valence-electron chi connectivity index (χ3n) is 5.40. The Balaban J connectivity index is 1.47. The highest BCUT2D eigenvalue weighted by molar-refractivity contribution is 5.87. The number of carbonyl (C=O) groups is 1. The zero-order valence-electron chi connectivity index (χ0n) is 17.6. The van der Waals surface area contributed by atoms with Gasteiger partial charge in [-0.15, -0.1) is 0 Å². The van der Waals surface area contributed by atoms with Crippen LogP contribution in [0.25, 0.3) is 11.0 Å². The summed E-state index contributed by atoms with van der Waals surface area (Å²) in [5.41, 5.74) is 1.22. The van der Waals surface area contributed by atoms with E-state index in [-0.39, 0.29) is 24.7 Å². The van der Waals surface area contributed by atoms with E-state index in [1.807, 2.05) is 12.1 Å². The number of carbonyl (C=O) groups excluding carboxylic acids is 1. The Kier molecular flexibility index (Phi) is 6.46. The highest BCUT2D eigenvalue weighted by atomic mass is 16.5. The Morgan fingerprint density at radius 3 is 2.75 bits per heavy atom. The summed E-state index contributed by atoms with van der Waals surface area (Å²) in [4.78, 5) is 34.8. The normalized spacial score (nSPS) is 13.6. The molecule has 9 nitrogen and oxygen atoms in total. The van der Waals surface area contributed by atoms with Crippen LogP contribution in [0.15, 0.2) is 60.0 Å². The number of benzene rings is 1. The maximum absolute atomic E-state index is 12.5. The number of aryl methyl sites for hydroxylation is 1. The molecule has 4 rings (SSSR count). The molecule has 0 aliphatic carbocycles. The van der Waals surface area contributed by atoms with Crippen molar-refractivity contribution in [3.05, 3.63) is 65.6 Å². The van der Waals surface area contributed by atoms with E-state index in [1.165, 1.54) is 12.1 Å². The molecule has 1 amide bonds. The molecule has 32 heavy (non-hydrogen) atoms. The molecule has 0 atom stereocenters. The minimum absolute atomic E-state index is 0.0431. The highest BCUT2D eigenvalue weighted by Crippen LogP contribution is 2.22. The molecular formula is C23H25N5O4. The average Bonchev–Trinajstić information content (AvgIpc) is 2.78. The fourth-order valence-corrected chi connectivity index (χ4v) is 3.65. The van der Waals surface area contributed by atoms with Gasteiger partial charge in [-0.25, -0.2) is 4.98 Å². The zero-order valence-corrected chi connectivity index (χ0v) is 17.6. The van der Waals surface area contributed by atoms with Crippen molar-refractivity contribution in [2.45, 2.75) is 13.0 Å². The van der Waals surface area contributed by atoms with Crippen molar-refractivity contribution in [1.82, 2.24) is 19.4 Å². The molecule has 3 aromatic rings. The number of aromatic nitrogens is 3. The lowest BCUT2D eigenvalue weighted by Gasteiger charge is -2.38. The Labute approximate surface area is 185 Å². The fourth-order valence-electron chi connectivity index (χ4n) is 3.65. The van der Waals surface area contributed by atoms with Gasteiger partial charge in [-0.3, -0.25) is 14.2 Å². The van der Waals surface area contributed by atoms with Crippen LogP contribution in [0.3, 0.4) is 0 Å². The standard InChI is InChI=1S/C23H25N5O4/c1-2-20(30)27-14-16(15-27)9-10-28-21(31)8-3-17-13-24-23(26-22(17)28)25-18-4-6-19(7-5-18)32-12-11-29/h2-8,13,16,29H,1,9-12,14-15H2,(H,24,25,26). The summed E-state index contributed by atoms with van der Waals surface area (Å²) in [5.74, 6) is 1.33. The number of ether oxygens (including phenoxy) is 1. The van der Waals surface area contributed by atoms with E-state index in [2.05, 4.69) is 21.9 Å². The van der Waals surface area contributed by atoms with Crippen LogP contribution in [-0.4, -0.2) is 56.8 Å². The summed E-state index contributed by atoms with van der Waals surface area (Å²) in [7, 11) is 0. The SMILES string of the molecule is C=CC(=O)N1CC(CCn2c(=O)ccc3cnc(Nc4ccc(OCCO)cc4)nc32)C1. The number of nitrogens with zero attached hydrogens (tertiary/aromatic N) is 4. The van der Waals surface area contributed by atoms with Gasteiger partial charge in [-0.1, -0.05) is 6.58 Å². The molecule has 0 spiro atoms. The first-order chi connectivity index (χ1) is 15.6. The summed E-state index contributed by atoms with van der Waals surface area (Å²) in [6.07, 6.45) is 3.79. The van der Waals surface area contributed by atoms with E-state index in [1.54, 1.807) is 33.9 Å².